The Kier molecular flexibility index (Phi) is 4.28. The van der Waals surface area contributed by atoms with Crippen LogP contribution >= 0.6 is 0 Å². The van der Waals surface area contributed by atoms with Gasteiger partial charge >= 0.3 is 0 Å². The predicted octanol–water partition coefficient (Wildman–Crippen LogP) is 3.74. The molecule has 24 heavy (non-hydrogen) atoms. The highest BCUT2D eigenvalue weighted by atomic mass is 16.5. The van der Waals surface area contributed by atoms with E-state index in [1.807, 2.05) is 41.9 Å². The van der Waals surface area contributed by atoms with Gasteiger partial charge in [-0.05, 0) is 31.0 Å². The van der Waals surface area contributed by atoms with Crippen LogP contribution in [0.4, 0.5) is 0 Å². The average molecular weight is 323 g/mol. The van der Waals surface area contributed by atoms with E-state index < -0.39 is 0 Å². The highest BCUT2D eigenvalue weighted by molar-refractivity contribution is 5.73. The van der Waals surface area contributed by atoms with Crippen molar-refractivity contribution in [3.63, 3.8) is 0 Å². The number of hydrogen-bond acceptors (Lipinski definition) is 4. The third-order valence-electron chi connectivity index (χ3n) is 4.59. The molecule has 0 amide bonds. The Balaban J connectivity index is 1.71. The molecule has 2 aromatic carbocycles. The molecule has 3 aromatic rings. The second-order valence-electron chi connectivity index (χ2n) is 6.02. The summed E-state index contributed by atoms with van der Waals surface area (Å²) in [5.41, 5.74) is 3.07. The van der Waals surface area contributed by atoms with Crippen LogP contribution in [-0.2, 0) is 9.47 Å². The van der Waals surface area contributed by atoms with Crippen molar-refractivity contribution in [3.05, 3.63) is 60.2 Å². The van der Waals surface area contributed by atoms with E-state index in [9.17, 15) is 0 Å². The van der Waals surface area contributed by atoms with Gasteiger partial charge in [0.15, 0.2) is 6.23 Å². The van der Waals surface area contributed by atoms with Gasteiger partial charge < -0.3 is 9.47 Å². The first-order valence-electron chi connectivity index (χ1n) is 8.46. The van der Waals surface area contributed by atoms with E-state index in [1.165, 1.54) is 5.56 Å². The van der Waals surface area contributed by atoms with Crippen molar-refractivity contribution in [2.24, 2.45) is 5.92 Å². The minimum Gasteiger partial charge on any atom is -0.373 e. The van der Waals surface area contributed by atoms with Gasteiger partial charge in [-0.15, -0.1) is 5.10 Å². The van der Waals surface area contributed by atoms with Crippen molar-refractivity contribution in [3.8, 4) is 0 Å². The zero-order chi connectivity index (χ0) is 16.4. The maximum absolute atomic E-state index is 6.11. The van der Waals surface area contributed by atoms with Crippen molar-refractivity contribution in [1.82, 2.24) is 15.0 Å². The Bertz CT molecular complexity index is 802. The molecule has 124 valence electrons. The lowest BCUT2D eigenvalue weighted by Crippen LogP contribution is -2.24. The number of para-hydroxylation sites is 1. The average Bonchev–Trinajstić information content (AvgIpc) is 3.27. The van der Waals surface area contributed by atoms with Gasteiger partial charge in [-0.3, -0.25) is 0 Å². The molecule has 2 heterocycles. The zero-order valence-corrected chi connectivity index (χ0v) is 13.7. The third kappa shape index (κ3) is 2.70. The lowest BCUT2D eigenvalue weighted by atomic mass is 9.92. The molecular formula is C19H21N3O2. The Labute approximate surface area is 141 Å². The van der Waals surface area contributed by atoms with Crippen LogP contribution in [0.2, 0.25) is 0 Å². The Morgan fingerprint density at radius 1 is 1.17 bits per heavy atom. The number of rotatable bonds is 5. The lowest BCUT2D eigenvalue weighted by molar-refractivity contribution is -0.0469. The first kappa shape index (κ1) is 15.3. The summed E-state index contributed by atoms with van der Waals surface area (Å²) in [6.07, 6.45) is 0.777. The Hall–Kier alpha value is -2.24. The second kappa shape index (κ2) is 6.71. The van der Waals surface area contributed by atoms with Gasteiger partial charge in [0.2, 0.25) is 0 Å². The molecule has 0 N–H and O–H groups in total. The number of hydrogen-bond donors (Lipinski definition) is 0. The van der Waals surface area contributed by atoms with Crippen molar-refractivity contribution in [2.75, 3.05) is 13.2 Å². The summed E-state index contributed by atoms with van der Waals surface area (Å²) in [4.78, 5) is 0. The minimum atomic E-state index is -0.158. The molecule has 4 rings (SSSR count). The fraction of sp³-hybridized carbons (Fsp3) is 0.368. The van der Waals surface area contributed by atoms with Crippen molar-refractivity contribution >= 4 is 11.0 Å². The van der Waals surface area contributed by atoms with Gasteiger partial charge in [0.25, 0.3) is 0 Å². The molecule has 5 heteroatoms. The molecule has 3 atom stereocenters. The summed E-state index contributed by atoms with van der Waals surface area (Å²) in [7, 11) is 0. The monoisotopic (exact) mass is 323 g/mol. The topological polar surface area (TPSA) is 49.2 Å². The molecule has 0 radical (unpaired) electrons. The van der Waals surface area contributed by atoms with Crippen molar-refractivity contribution in [1.29, 1.82) is 0 Å². The molecule has 1 aliphatic rings. The molecule has 1 aliphatic heterocycles. The number of nitrogens with zero attached hydrogens (tertiary/aromatic N) is 3. The quantitative estimate of drug-likeness (QED) is 0.717. The Morgan fingerprint density at radius 2 is 1.96 bits per heavy atom. The molecule has 1 aromatic heterocycles. The van der Waals surface area contributed by atoms with E-state index in [1.54, 1.807) is 0 Å². The van der Waals surface area contributed by atoms with Gasteiger partial charge in [0, 0.05) is 19.1 Å². The zero-order valence-electron chi connectivity index (χ0n) is 13.7. The van der Waals surface area contributed by atoms with E-state index in [0.717, 1.165) is 17.5 Å². The summed E-state index contributed by atoms with van der Waals surface area (Å²) < 4.78 is 14.1. The normalized spacial score (nSPS) is 22.0. The predicted molar refractivity (Wildman–Crippen MR) is 91.4 cm³/mol. The summed E-state index contributed by atoms with van der Waals surface area (Å²) in [5.74, 6) is 0.206. The first-order valence-corrected chi connectivity index (χ1v) is 8.46. The van der Waals surface area contributed by atoms with Crippen LogP contribution in [0.1, 0.15) is 31.2 Å². The maximum Gasteiger partial charge on any atom is 0.158 e. The highest BCUT2D eigenvalue weighted by Gasteiger charge is 2.38. The summed E-state index contributed by atoms with van der Waals surface area (Å²) in [6.45, 7) is 3.41. The standard InChI is InChI=1S/C19H21N3O2/c1-2-23-18(14-8-4-3-5-9-14)15-12-13-24-19(15)22-17-11-7-6-10-16(17)20-21-22/h3-11,15,18-19H,2,12-13H2,1H3/t15-,18-,19+/m0/s1. The molecule has 0 aliphatic carbocycles. The number of fused-ring (bicyclic) bond motifs is 1. The molecule has 0 saturated carbocycles. The SMILES string of the molecule is CCO[C@@H](c1ccccc1)[C@@H]1CCO[C@H]1n1nnc2ccccc21. The number of ether oxygens (including phenoxy) is 2. The van der Waals surface area contributed by atoms with Crippen molar-refractivity contribution in [2.45, 2.75) is 25.7 Å². The number of aromatic nitrogens is 3. The van der Waals surface area contributed by atoms with Gasteiger partial charge in [0.05, 0.1) is 11.6 Å². The molecule has 0 spiro atoms. The summed E-state index contributed by atoms with van der Waals surface area (Å²) in [5, 5.41) is 8.62. The summed E-state index contributed by atoms with van der Waals surface area (Å²) in [6, 6.07) is 18.4. The molecule has 0 unspecified atom stereocenters. The van der Waals surface area contributed by atoms with E-state index in [-0.39, 0.29) is 18.2 Å². The van der Waals surface area contributed by atoms with E-state index in [2.05, 4.69) is 34.6 Å². The largest absolute Gasteiger partial charge is 0.373 e. The van der Waals surface area contributed by atoms with E-state index >= 15 is 0 Å². The van der Waals surface area contributed by atoms with Crippen LogP contribution in [-0.4, -0.2) is 28.2 Å². The van der Waals surface area contributed by atoms with Crippen LogP contribution in [0.3, 0.4) is 0 Å². The second-order valence-corrected chi connectivity index (χ2v) is 6.02. The van der Waals surface area contributed by atoms with E-state index in [0.29, 0.717) is 13.2 Å². The fourth-order valence-electron chi connectivity index (χ4n) is 3.51. The third-order valence-corrected chi connectivity index (χ3v) is 4.59. The van der Waals surface area contributed by atoms with Gasteiger partial charge in [-0.25, -0.2) is 4.68 Å². The minimum absolute atomic E-state index is 0.00772. The lowest BCUT2D eigenvalue weighted by Gasteiger charge is -2.28. The van der Waals surface area contributed by atoms with Crippen LogP contribution < -0.4 is 0 Å². The highest BCUT2D eigenvalue weighted by Crippen LogP contribution is 2.41. The molecule has 0 bridgehead atoms. The van der Waals surface area contributed by atoms with Gasteiger partial charge in [-0.1, -0.05) is 47.7 Å². The van der Waals surface area contributed by atoms with Crippen LogP contribution in [0.15, 0.2) is 54.6 Å². The summed E-state index contributed by atoms with van der Waals surface area (Å²) >= 11 is 0. The van der Waals surface area contributed by atoms with Gasteiger partial charge in [0.1, 0.15) is 5.52 Å². The number of benzene rings is 2. The fourth-order valence-corrected chi connectivity index (χ4v) is 3.51. The van der Waals surface area contributed by atoms with E-state index in [4.69, 9.17) is 9.47 Å². The van der Waals surface area contributed by atoms with Crippen molar-refractivity contribution < 1.29 is 9.47 Å². The van der Waals surface area contributed by atoms with Gasteiger partial charge in [-0.2, -0.15) is 0 Å². The van der Waals surface area contributed by atoms with Crippen LogP contribution in [0, 0.1) is 5.92 Å². The Morgan fingerprint density at radius 3 is 2.79 bits per heavy atom. The van der Waals surface area contributed by atoms with Crippen LogP contribution in [0.25, 0.3) is 11.0 Å². The maximum atomic E-state index is 6.11. The molecular weight excluding hydrogens is 302 g/mol. The first-order chi connectivity index (χ1) is 11.9. The van der Waals surface area contributed by atoms with Crippen LogP contribution in [0.5, 0.6) is 0 Å². The molecule has 5 nitrogen and oxygen atoms in total. The molecule has 1 saturated heterocycles. The smallest absolute Gasteiger partial charge is 0.158 e. The molecule has 1 fully saturated rings.